The first-order valence-electron chi connectivity index (χ1n) is 7.44. The molecular weight excluding hydrogens is 268 g/mol. The molecule has 0 amide bonds. The number of piperidine rings is 1. The second kappa shape index (κ2) is 6.36. The van der Waals surface area contributed by atoms with Crippen molar-refractivity contribution in [3.63, 3.8) is 0 Å². The van der Waals surface area contributed by atoms with Gasteiger partial charge in [0.2, 0.25) is 0 Å². The van der Waals surface area contributed by atoms with E-state index in [4.69, 9.17) is 0 Å². The number of imidazole rings is 1. The van der Waals surface area contributed by atoms with Gasteiger partial charge in [-0.05, 0) is 31.8 Å². The smallest absolute Gasteiger partial charge is 0.137 e. The van der Waals surface area contributed by atoms with E-state index in [-0.39, 0.29) is 0 Å². The molecule has 3 rings (SSSR count). The summed E-state index contributed by atoms with van der Waals surface area (Å²) in [5, 5.41) is 14.6. The van der Waals surface area contributed by atoms with Crippen LogP contribution >= 0.6 is 0 Å². The molecular formula is C14H22N6O. The molecule has 0 spiro atoms. The van der Waals surface area contributed by atoms with E-state index in [1.54, 1.807) is 18.9 Å². The summed E-state index contributed by atoms with van der Waals surface area (Å²) < 4.78 is 3.76. The van der Waals surface area contributed by atoms with E-state index in [0.717, 1.165) is 44.8 Å². The van der Waals surface area contributed by atoms with Gasteiger partial charge in [-0.2, -0.15) is 5.10 Å². The Hall–Kier alpha value is -1.73. The van der Waals surface area contributed by atoms with Crippen molar-refractivity contribution in [2.75, 3.05) is 19.6 Å². The van der Waals surface area contributed by atoms with Crippen LogP contribution in [-0.2, 0) is 13.6 Å². The van der Waals surface area contributed by atoms with Gasteiger partial charge in [0.25, 0.3) is 0 Å². The van der Waals surface area contributed by atoms with Crippen LogP contribution in [0.4, 0.5) is 0 Å². The van der Waals surface area contributed by atoms with Crippen LogP contribution in [0.5, 0.6) is 0 Å². The summed E-state index contributed by atoms with van der Waals surface area (Å²) in [6.45, 7) is 3.88. The molecule has 2 aromatic heterocycles. The minimum Gasteiger partial charge on any atom is -0.385 e. The van der Waals surface area contributed by atoms with Gasteiger partial charge in [0, 0.05) is 26.0 Å². The standard InChI is InChI=1S/C14H22N6O/c1-18-7-4-16-14(18)13(21)12-2-5-19(6-3-12)8-9-20-11-15-10-17-20/h4,7,10-13,21H,2-3,5-6,8-9H2,1H3. The molecule has 1 unspecified atom stereocenters. The van der Waals surface area contributed by atoms with E-state index in [2.05, 4.69) is 20.0 Å². The minimum atomic E-state index is -0.456. The molecule has 2 aromatic rings. The van der Waals surface area contributed by atoms with Gasteiger partial charge in [0.05, 0.1) is 6.54 Å². The van der Waals surface area contributed by atoms with Crippen molar-refractivity contribution in [3.05, 3.63) is 30.9 Å². The average molecular weight is 290 g/mol. The molecule has 1 saturated heterocycles. The van der Waals surface area contributed by atoms with Crippen molar-refractivity contribution in [2.45, 2.75) is 25.5 Å². The van der Waals surface area contributed by atoms with Crippen molar-refractivity contribution < 1.29 is 5.11 Å². The lowest BCUT2D eigenvalue weighted by Gasteiger charge is -2.33. The number of aliphatic hydroxyl groups is 1. The summed E-state index contributed by atoms with van der Waals surface area (Å²) in [4.78, 5) is 10.6. The summed E-state index contributed by atoms with van der Waals surface area (Å²) >= 11 is 0. The third-order valence-corrected chi connectivity index (χ3v) is 4.31. The number of likely N-dealkylation sites (tertiary alicyclic amines) is 1. The van der Waals surface area contributed by atoms with Gasteiger partial charge in [-0.1, -0.05) is 0 Å². The SMILES string of the molecule is Cn1ccnc1C(O)C1CCN(CCn2cncn2)CC1. The lowest BCUT2D eigenvalue weighted by atomic mass is 9.91. The van der Waals surface area contributed by atoms with Crippen molar-refractivity contribution in [3.8, 4) is 0 Å². The molecule has 0 aliphatic carbocycles. The van der Waals surface area contributed by atoms with Gasteiger partial charge in [-0.25, -0.2) is 9.97 Å². The molecule has 1 aliphatic rings. The number of nitrogens with zero attached hydrogens (tertiary/aromatic N) is 6. The van der Waals surface area contributed by atoms with Gasteiger partial charge in [0.1, 0.15) is 24.6 Å². The molecule has 21 heavy (non-hydrogen) atoms. The normalized spacial score (nSPS) is 19.0. The highest BCUT2D eigenvalue weighted by molar-refractivity contribution is 4.98. The molecule has 7 nitrogen and oxygen atoms in total. The molecule has 0 aromatic carbocycles. The van der Waals surface area contributed by atoms with Crippen molar-refractivity contribution in [1.82, 2.24) is 29.2 Å². The van der Waals surface area contributed by atoms with Crippen LogP contribution in [0.3, 0.4) is 0 Å². The van der Waals surface area contributed by atoms with Crippen LogP contribution in [0.2, 0.25) is 0 Å². The lowest BCUT2D eigenvalue weighted by Crippen LogP contribution is -2.37. The highest BCUT2D eigenvalue weighted by Gasteiger charge is 2.28. The Morgan fingerprint density at radius 2 is 2.14 bits per heavy atom. The minimum absolute atomic E-state index is 0.300. The van der Waals surface area contributed by atoms with Gasteiger partial charge in [-0.15, -0.1) is 0 Å². The summed E-state index contributed by atoms with van der Waals surface area (Å²) in [5.41, 5.74) is 0. The number of aryl methyl sites for hydroxylation is 1. The van der Waals surface area contributed by atoms with Crippen LogP contribution in [0.15, 0.2) is 25.0 Å². The maximum absolute atomic E-state index is 10.5. The highest BCUT2D eigenvalue weighted by atomic mass is 16.3. The van der Waals surface area contributed by atoms with Crippen molar-refractivity contribution >= 4 is 0 Å². The Kier molecular flexibility index (Phi) is 4.31. The summed E-state index contributed by atoms with van der Waals surface area (Å²) in [6.07, 6.45) is 8.49. The number of hydrogen-bond acceptors (Lipinski definition) is 5. The summed E-state index contributed by atoms with van der Waals surface area (Å²) in [6, 6.07) is 0. The summed E-state index contributed by atoms with van der Waals surface area (Å²) in [5.74, 6) is 1.07. The van der Waals surface area contributed by atoms with Gasteiger partial charge in [-0.3, -0.25) is 4.68 Å². The molecule has 1 fully saturated rings. The number of aliphatic hydroxyl groups excluding tert-OH is 1. The first-order valence-corrected chi connectivity index (χ1v) is 7.44. The quantitative estimate of drug-likeness (QED) is 0.866. The van der Waals surface area contributed by atoms with Crippen LogP contribution in [-0.4, -0.2) is 54.0 Å². The molecule has 1 atom stereocenters. The van der Waals surface area contributed by atoms with Crippen molar-refractivity contribution in [1.29, 1.82) is 0 Å². The largest absolute Gasteiger partial charge is 0.385 e. The average Bonchev–Trinajstić information content (AvgIpc) is 3.16. The molecule has 0 radical (unpaired) electrons. The fourth-order valence-electron chi connectivity index (χ4n) is 2.96. The lowest BCUT2D eigenvalue weighted by molar-refractivity contribution is 0.0501. The summed E-state index contributed by atoms with van der Waals surface area (Å²) in [7, 11) is 1.93. The first kappa shape index (κ1) is 14.2. The zero-order valence-electron chi connectivity index (χ0n) is 12.3. The van der Waals surface area contributed by atoms with Gasteiger partial charge >= 0.3 is 0 Å². The maximum atomic E-state index is 10.5. The second-order valence-electron chi connectivity index (χ2n) is 5.68. The monoisotopic (exact) mass is 290 g/mol. The Labute approximate surface area is 124 Å². The molecule has 0 saturated carbocycles. The van der Waals surface area contributed by atoms with E-state index in [0.29, 0.717) is 5.92 Å². The molecule has 1 N–H and O–H groups in total. The third kappa shape index (κ3) is 3.30. The molecule has 3 heterocycles. The maximum Gasteiger partial charge on any atom is 0.137 e. The Morgan fingerprint density at radius 3 is 2.76 bits per heavy atom. The number of aromatic nitrogens is 5. The fourth-order valence-corrected chi connectivity index (χ4v) is 2.96. The van der Waals surface area contributed by atoms with E-state index >= 15 is 0 Å². The van der Waals surface area contributed by atoms with Crippen LogP contribution in [0.1, 0.15) is 24.8 Å². The van der Waals surface area contributed by atoms with E-state index in [9.17, 15) is 5.11 Å². The zero-order valence-corrected chi connectivity index (χ0v) is 12.3. The van der Waals surface area contributed by atoms with Crippen LogP contribution in [0, 0.1) is 5.92 Å². The molecule has 1 aliphatic heterocycles. The number of rotatable bonds is 5. The van der Waals surface area contributed by atoms with Gasteiger partial charge < -0.3 is 14.6 Å². The zero-order chi connectivity index (χ0) is 14.7. The molecule has 0 bridgehead atoms. The van der Waals surface area contributed by atoms with E-state index in [1.165, 1.54) is 0 Å². The Balaban J connectivity index is 1.47. The predicted octanol–water partition coefficient (Wildman–Crippen LogP) is 0.457. The highest BCUT2D eigenvalue weighted by Crippen LogP contribution is 2.29. The van der Waals surface area contributed by atoms with Crippen LogP contribution in [0.25, 0.3) is 0 Å². The number of hydrogen-bond donors (Lipinski definition) is 1. The first-order chi connectivity index (χ1) is 10.2. The fraction of sp³-hybridized carbons (Fsp3) is 0.643. The Morgan fingerprint density at radius 1 is 1.33 bits per heavy atom. The second-order valence-corrected chi connectivity index (χ2v) is 5.68. The topological polar surface area (TPSA) is 72.0 Å². The van der Waals surface area contributed by atoms with Gasteiger partial charge in [0.15, 0.2) is 0 Å². The molecule has 114 valence electrons. The third-order valence-electron chi connectivity index (χ3n) is 4.31. The van der Waals surface area contributed by atoms with Crippen LogP contribution < -0.4 is 0 Å². The Bertz CT molecular complexity index is 544. The van der Waals surface area contributed by atoms with E-state index < -0.39 is 6.10 Å². The predicted molar refractivity (Wildman–Crippen MR) is 77.4 cm³/mol. The molecule has 7 heteroatoms. The van der Waals surface area contributed by atoms with Crippen molar-refractivity contribution in [2.24, 2.45) is 13.0 Å². The van der Waals surface area contributed by atoms with E-state index in [1.807, 2.05) is 22.5 Å².